The lowest BCUT2D eigenvalue weighted by molar-refractivity contribution is -0.130. The second-order valence-corrected chi connectivity index (χ2v) is 6.29. The summed E-state index contributed by atoms with van der Waals surface area (Å²) >= 11 is 0. The zero-order valence-electron chi connectivity index (χ0n) is 13.5. The number of nitrogens with zero attached hydrogens (tertiary/aromatic N) is 3. The minimum atomic E-state index is 0.181. The van der Waals surface area contributed by atoms with Crippen LogP contribution in [0.4, 0.5) is 0 Å². The minimum absolute atomic E-state index is 0.181. The van der Waals surface area contributed by atoms with Gasteiger partial charge in [0.15, 0.2) is 0 Å². The number of aryl methyl sites for hydroxylation is 1. The Kier molecular flexibility index (Phi) is 4.16. The van der Waals surface area contributed by atoms with Crippen LogP contribution in [0.2, 0.25) is 0 Å². The van der Waals surface area contributed by atoms with Crippen LogP contribution in [0.3, 0.4) is 0 Å². The largest absolute Gasteiger partial charge is 0.343 e. The molecule has 1 aromatic heterocycles. The molecular weight excluding hydrogens is 276 g/mol. The Morgan fingerprint density at radius 3 is 2.86 bits per heavy atom. The molecule has 5 heteroatoms. The van der Waals surface area contributed by atoms with Crippen molar-refractivity contribution < 1.29 is 4.79 Å². The molecule has 1 fully saturated rings. The van der Waals surface area contributed by atoms with Crippen LogP contribution >= 0.6 is 0 Å². The molecule has 2 heterocycles. The summed E-state index contributed by atoms with van der Waals surface area (Å²) in [5.74, 6) is 1.70. The number of fused-ring (bicyclic) bond motifs is 1. The summed E-state index contributed by atoms with van der Waals surface area (Å²) in [4.78, 5) is 18.1. The van der Waals surface area contributed by atoms with Crippen molar-refractivity contribution in [2.75, 3.05) is 13.1 Å². The molecule has 1 saturated heterocycles. The van der Waals surface area contributed by atoms with Gasteiger partial charge in [0.1, 0.15) is 5.82 Å². The molecule has 2 unspecified atom stereocenters. The number of para-hydroxylation sites is 2. The minimum Gasteiger partial charge on any atom is -0.343 e. The average Bonchev–Trinajstić information content (AvgIpc) is 2.83. The maximum atomic E-state index is 11.5. The number of amides is 1. The fourth-order valence-electron chi connectivity index (χ4n) is 3.31. The summed E-state index contributed by atoms with van der Waals surface area (Å²) in [6.45, 7) is 6.32. The third-order valence-corrected chi connectivity index (χ3v) is 4.75. The van der Waals surface area contributed by atoms with Crippen molar-refractivity contribution in [2.24, 2.45) is 13.0 Å². The van der Waals surface area contributed by atoms with Crippen LogP contribution in [-0.2, 0) is 18.4 Å². The molecule has 22 heavy (non-hydrogen) atoms. The van der Waals surface area contributed by atoms with E-state index in [1.807, 2.05) is 23.1 Å². The van der Waals surface area contributed by atoms with Gasteiger partial charge in [-0.05, 0) is 24.5 Å². The fraction of sp³-hybridized carbons (Fsp3) is 0.529. The van der Waals surface area contributed by atoms with Crippen molar-refractivity contribution in [3.05, 3.63) is 30.1 Å². The normalized spacial score (nSPS) is 22.2. The van der Waals surface area contributed by atoms with E-state index in [-0.39, 0.29) is 5.91 Å². The maximum Gasteiger partial charge on any atom is 0.219 e. The highest BCUT2D eigenvalue weighted by Crippen LogP contribution is 2.18. The molecule has 1 amide bonds. The van der Waals surface area contributed by atoms with Gasteiger partial charge in [-0.1, -0.05) is 19.1 Å². The molecule has 3 rings (SSSR count). The topological polar surface area (TPSA) is 50.2 Å². The zero-order chi connectivity index (χ0) is 15.7. The molecule has 1 aromatic carbocycles. The second kappa shape index (κ2) is 6.08. The standard InChI is InChI=1S/C17H24N4O/c1-12-11-21(13(2)22)9-8-14(12)18-10-17-19-15-6-4-5-7-16(15)20(17)3/h4-7,12,14,18H,8-11H2,1-3H3. The molecule has 2 atom stereocenters. The average molecular weight is 300 g/mol. The van der Waals surface area contributed by atoms with E-state index < -0.39 is 0 Å². The van der Waals surface area contributed by atoms with E-state index in [9.17, 15) is 4.79 Å². The second-order valence-electron chi connectivity index (χ2n) is 6.29. The van der Waals surface area contributed by atoms with Crippen molar-refractivity contribution >= 4 is 16.9 Å². The molecule has 1 aliphatic heterocycles. The highest BCUT2D eigenvalue weighted by atomic mass is 16.2. The molecule has 118 valence electrons. The summed E-state index contributed by atoms with van der Waals surface area (Å²) < 4.78 is 2.15. The Hall–Kier alpha value is -1.88. The van der Waals surface area contributed by atoms with Crippen molar-refractivity contribution in [1.29, 1.82) is 0 Å². The number of rotatable bonds is 3. The van der Waals surface area contributed by atoms with Crippen molar-refractivity contribution in [1.82, 2.24) is 19.8 Å². The predicted octanol–water partition coefficient (Wildman–Crippen LogP) is 1.92. The van der Waals surface area contributed by atoms with E-state index in [4.69, 9.17) is 4.98 Å². The van der Waals surface area contributed by atoms with Crippen molar-refractivity contribution in [3.63, 3.8) is 0 Å². The van der Waals surface area contributed by atoms with E-state index in [2.05, 4.69) is 29.9 Å². The molecular formula is C17H24N4O. The first-order valence-electron chi connectivity index (χ1n) is 7.95. The summed E-state index contributed by atoms with van der Waals surface area (Å²) in [5, 5.41) is 3.63. The van der Waals surface area contributed by atoms with E-state index in [1.165, 1.54) is 5.52 Å². The summed E-state index contributed by atoms with van der Waals surface area (Å²) in [7, 11) is 2.06. The Morgan fingerprint density at radius 2 is 2.18 bits per heavy atom. The third-order valence-electron chi connectivity index (χ3n) is 4.75. The number of hydrogen-bond donors (Lipinski definition) is 1. The predicted molar refractivity (Wildman–Crippen MR) is 87.4 cm³/mol. The maximum absolute atomic E-state index is 11.5. The molecule has 0 spiro atoms. The number of benzene rings is 1. The van der Waals surface area contributed by atoms with Crippen LogP contribution in [0.15, 0.2) is 24.3 Å². The van der Waals surface area contributed by atoms with Crippen molar-refractivity contribution in [2.45, 2.75) is 32.9 Å². The molecule has 1 N–H and O–H groups in total. The molecule has 5 nitrogen and oxygen atoms in total. The lowest BCUT2D eigenvalue weighted by Crippen LogP contribution is -2.49. The first-order valence-corrected chi connectivity index (χ1v) is 7.95. The van der Waals surface area contributed by atoms with Gasteiger partial charge in [-0.25, -0.2) is 4.98 Å². The van der Waals surface area contributed by atoms with Gasteiger partial charge in [0.05, 0.1) is 17.6 Å². The number of imidazole rings is 1. The number of likely N-dealkylation sites (tertiary alicyclic amines) is 1. The van der Waals surface area contributed by atoms with Crippen LogP contribution in [0, 0.1) is 5.92 Å². The third kappa shape index (κ3) is 2.86. The Balaban J connectivity index is 1.65. The van der Waals surface area contributed by atoms with Crippen LogP contribution in [0.5, 0.6) is 0 Å². The van der Waals surface area contributed by atoms with E-state index in [1.54, 1.807) is 6.92 Å². The summed E-state index contributed by atoms with van der Waals surface area (Å²) in [5.41, 5.74) is 2.21. The smallest absolute Gasteiger partial charge is 0.219 e. The van der Waals surface area contributed by atoms with Gasteiger partial charge in [-0.2, -0.15) is 0 Å². The Bertz CT molecular complexity index is 678. The van der Waals surface area contributed by atoms with Crippen LogP contribution < -0.4 is 5.32 Å². The molecule has 0 radical (unpaired) electrons. The summed E-state index contributed by atoms with van der Waals surface area (Å²) in [6, 6.07) is 8.65. The van der Waals surface area contributed by atoms with Gasteiger partial charge >= 0.3 is 0 Å². The number of hydrogen-bond acceptors (Lipinski definition) is 3. The highest BCUT2D eigenvalue weighted by molar-refractivity contribution is 5.75. The Morgan fingerprint density at radius 1 is 1.41 bits per heavy atom. The van der Waals surface area contributed by atoms with Crippen LogP contribution in [0.1, 0.15) is 26.1 Å². The van der Waals surface area contributed by atoms with Crippen LogP contribution in [-0.4, -0.2) is 39.5 Å². The number of aromatic nitrogens is 2. The van der Waals surface area contributed by atoms with Crippen molar-refractivity contribution in [3.8, 4) is 0 Å². The van der Waals surface area contributed by atoms with Gasteiger partial charge in [-0.15, -0.1) is 0 Å². The summed E-state index contributed by atoms with van der Waals surface area (Å²) in [6.07, 6.45) is 1.00. The van der Waals surface area contributed by atoms with Gasteiger partial charge in [0, 0.05) is 33.1 Å². The van der Waals surface area contributed by atoms with Gasteiger partial charge < -0.3 is 14.8 Å². The molecule has 0 aliphatic carbocycles. The fourth-order valence-corrected chi connectivity index (χ4v) is 3.31. The number of nitrogens with one attached hydrogen (secondary N) is 1. The number of piperidine rings is 1. The molecule has 0 bridgehead atoms. The lowest BCUT2D eigenvalue weighted by atomic mass is 9.94. The first kappa shape index (κ1) is 15.0. The molecule has 0 saturated carbocycles. The molecule has 2 aromatic rings. The van der Waals surface area contributed by atoms with E-state index in [0.29, 0.717) is 12.0 Å². The lowest BCUT2D eigenvalue weighted by Gasteiger charge is -2.37. The number of carbonyl (C=O) groups is 1. The zero-order valence-corrected chi connectivity index (χ0v) is 13.5. The Labute approximate surface area is 131 Å². The van der Waals surface area contributed by atoms with Gasteiger partial charge in [-0.3, -0.25) is 4.79 Å². The SMILES string of the molecule is CC(=O)N1CCC(NCc2nc3ccccc3n2C)C(C)C1. The van der Waals surface area contributed by atoms with E-state index >= 15 is 0 Å². The first-order chi connectivity index (χ1) is 10.6. The number of carbonyl (C=O) groups excluding carboxylic acids is 1. The van der Waals surface area contributed by atoms with Crippen LogP contribution in [0.25, 0.3) is 11.0 Å². The molecule has 1 aliphatic rings. The monoisotopic (exact) mass is 300 g/mol. The van der Waals surface area contributed by atoms with E-state index in [0.717, 1.165) is 37.4 Å². The van der Waals surface area contributed by atoms with Gasteiger partial charge in [0.25, 0.3) is 0 Å². The van der Waals surface area contributed by atoms with Gasteiger partial charge in [0.2, 0.25) is 5.91 Å². The highest BCUT2D eigenvalue weighted by Gasteiger charge is 2.27. The quantitative estimate of drug-likeness (QED) is 0.942.